The van der Waals surface area contributed by atoms with E-state index in [0.29, 0.717) is 0 Å². The third-order valence-electron chi connectivity index (χ3n) is 2.74. The van der Waals surface area contributed by atoms with E-state index in [1.165, 1.54) is 19.1 Å². The van der Waals surface area contributed by atoms with Gasteiger partial charge < -0.3 is 4.72 Å². The Hall–Kier alpha value is -0.970. The number of hydrogen-bond acceptors (Lipinski definition) is 1. The van der Waals surface area contributed by atoms with Crippen LogP contribution in [0.3, 0.4) is 0 Å². The quantitative estimate of drug-likeness (QED) is 0.752. The van der Waals surface area contributed by atoms with E-state index in [-0.39, 0.29) is 16.5 Å². The number of halogens is 2. The van der Waals surface area contributed by atoms with Gasteiger partial charge in [-0.1, -0.05) is 41.5 Å². The molecule has 0 spiro atoms. The molecule has 21 heavy (non-hydrogen) atoms. The Morgan fingerprint density at radius 3 is 2.00 bits per heavy atom. The number of hydrogen-bond donors (Lipinski definition) is 1. The predicted octanol–water partition coefficient (Wildman–Crippen LogP) is 5.59. The molecule has 1 N–H and O–H groups in total. The summed E-state index contributed by atoms with van der Waals surface area (Å²) >= 11 is 0. The topological polar surface area (TPSA) is 29.1 Å². The van der Waals surface area contributed by atoms with Gasteiger partial charge in [-0.05, 0) is 31.9 Å². The van der Waals surface area contributed by atoms with Crippen LogP contribution < -0.4 is 4.72 Å². The summed E-state index contributed by atoms with van der Waals surface area (Å²) in [6.45, 7) is 13.2. The summed E-state index contributed by atoms with van der Waals surface area (Å²) in [4.78, 5) is 0. The monoisotopic (exact) mass is 321 g/mol. The number of anilines is 1. The first kappa shape index (κ1) is 22.3. The maximum absolute atomic E-state index is 13.7. The average Bonchev–Trinajstić information content (AvgIpc) is 2.53. The van der Waals surface area contributed by atoms with Crippen LogP contribution in [0.5, 0.6) is 0 Å². The average molecular weight is 321 g/mol. The van der Waals surface area contributed by atoms with Crippen molar-refractivity contribution < 1.29 is 13.0 Å². The molecule has 0 aliphatic carbocycles. The SMILES string of the molecule is CC.CC.CCC(CC)S(=O)Nc1ccc(F)c(C)c1F. The second-order valence-electron chi connectivity index (χ2n) is 3.87. The van der Waals surface area contributed by atoms with Crippen molar-refractivity contribution in [3.05, 3.63) is 29.3 Å². The summed E-state index contributed by atoms with van der Waals surface area (Å²) in [5.41, 5.74) is 0.0330. The maximum atomic E-state index is 13.7. The molecule has 1 aromatic rings. The van der Waals surface area contributed by atoms with E-state index < -0.39 is 22.6 Å². The molecule has 0 aliphatic heterocycles. The molecule has 0 bridgehead atoms. The molecule has 0 aromatic heterocycles. The first-order chi connectivity index (χ1) is 10.0. The van der Waals surface area contributed by atoms with Gasteiger partial charge in [-0.3, -0.25) is 0 Å². The molecule has 1 rings (SSSR count). The summed E-state index contributed by atoms with van der Waals surface area (Å²) in [5, 5.41) is -0.0280. The highest BCUT2D eigenvalue weighted by Crippen LogP contribution is 2.21. The van der Waals surface area contributed by atoms with Gasteiger partial charge in [0.05, 0.1) is 10.9 Å². The Morgan fingerprint density at radius 2 is 1.57 bits per heavy atom. The molecule has 0 fully saturated rings. The predicted molar refractivity (Wildman–Crippen MR) is 89.9 cm³/mol. The lowest BCUT2D eigenvalue weighted by Gasteiger charge is -2.15. The molecule has 2 nitrogen and oxygen atoms in total. The Labute approximate surface area is 130 Å². The molecule has 124 valence electrons. The van der Waals surface area contributed by atoms with Crippen LogP contribution in [0, 0.1) is 18.6 Å². The van der Waals surface area contributed by atoms with E-state index in [9.17, 15) is 13.0 Å². The summed E-state index contributed by atoms with van der Waals surface area (Å²) in [5.74, 6) is -1.27. The summed E-state index contributed by atoms with van der Waals surface area (Å²) in [6.07, 6.45) is 1.50. The normalized spacial score (nSPS) is 11.0. The van der Waals surface area contributed by atoms with Gasteiger partial charge in [-0.2, -0.15) is 0 Å². The lowest BCUT2D eigenvalue weighted by molar-refractivity contribution is 0.571. The van der Waals surface area contributed by atoms with E-state index in [4.69, 9.17) is 0 Å². The molecule has 0 heterocycles. The fourth-order valence-electron chi connectivity index (χ4n) is 1.52. The minimum Gasteiger partial charge on any atom is -0.302 e. The van der Waals surface area contributed by atoms with E-state index in [0.717, 1.165) is 12.8 Å². The zero-order chi connectivity index (χ0) is 17.0. The largest absolute Gasteiger partial charge is 0.302 e. The smallest absolute Gasteiger partial charge is 0.153 e. The molecule has 5 heteroatoms. The zero-order valence-corrected chi connectivity index (χ0v) is 15.0. The fraction of sp³-hybridized carbons (Fsp3) is 0.625. The number of rotatable bonds is 5. The van der Waals surface area contributed by atoms with Crippen molar-refractivity contribution in [1.82, 2.24) is 0 Å². The molecule has 0 radical (unpaired) electrons. The molecule has 0 aliphatic rings. The number of benzene rings is 1. The van der Waals surface area contributed by atoms with Gasteiger partial charge in [-0.15, -0.1) is 0 Å². The van der Waals surface area contributed by atoms with Gasteiger partial charge in [0.15, 0.2) is 5.82 Å². The molecule has 1 unspecified atom stereocenters. The van der Waals surface area contributed by atoms with Crippen LogP contribution in [-0.2, 0) is 11.0 Å². The first-order valence-electron chi connectivity index (χ1n) is 7.63. The van der Waals surface area contributed by atoms with Crippen molar-refractivity contribution >= 4 is 16.7 Å². The van der Waals surface area contributed by atoms with Crippen molar-refractivity contribution in [3.63, 3.8) is 0 Å². The van der Waals surface area contributed by atoms with Gasteiger partial charge in [-0.25, -0.2) is 13.0 Å². The van der Waals surface area contributed by atoms with Gasteiger partial charge in [0.25, 0.3) is 0 Å². The van der Waals surface area contributed by atoms with Crippen LogP contribution in [0.2, 0.25) is 0 Å². The third-order valence-corrected chi connectivity index (χ3v) is 4.44. The Bertz CT molecular complexity index is 421. The summed E-state index contributed by atoms with van der Waals surface area (Å²) in [7, 11) is -1.35. The molecule has 0 saturated carbocycles. The third kappa shape index (κ3) is 7.02. The molecule has 0 saturated heterocycles. The summed E-state index contributed by atoms with van der Waals surface area (Å²) in [6, 6.07) is 2.45. The summed E-state index contributed by atoms with van der Waals surface area (Å²) < 4.78 is 41.2. The van der Waals surface area contributed by atoms with Gasteiger partial charge in [0, 0.05) is 5.56 Å². The van der Waals surface area contributed by atoms with Crippen LogP contribution in [0.25, 0.3) is 0 Å². The van der Waals surface area contributed by atoms with E-state index in [1.54, 1.807) is 0 Å². The van der Waals surface area contributed by atoms with E-state index in [2.05, 4.69) is 4.72 Å². The van der Waals surface area contributed by atoms with Crippen molar-refractivity contribution in [2.75, 3.05) is 4.72 Å². The van der Waals surface area contributed by atoms with Crippen LogP contribution in [0.4, 0.5) is 14.5 Å². The van der Waals surface area contributed by atoms with Crippen LogP contribution in [0.15, 0.2) is 12.1 Å². The van der Waals surface area contributed by atoms with Crippen LogP contribution in [-0.4, -0.2) is 9.46 Å². The van der Waals surface area contributed by atoms with Crippen molar-refractivity contribution in [1.29, 1.82) is 0 Å². The molecular weight excluding hydrogens is 292 g/mol. The minimum absolute atomic E-state index is 0.0280. The standard InChI is InChI=1S/C12H17F2NOS.2C2H6/c1-4-9(5-2)17(16)15-11-7-6-10(13)8(3)12(11)14;2*1-2/h6-7,9,15H,4-5H2,1-3H3;2*1-2H3. The fourth-order valence-corrected chi connectivity index (χ4v) is 2.67. The highest BCUT2D eigenvalue weighted by atomic mass is 32.2. The molecular formula is C16H29F2NOS. The van der Waals surface area contributed by atoms with Crippen molar-refractivity contribution in [2.24, 2.45) is 0 Å². The Balaban J connectivity index is 0. The maximum Gasteiger partial charge on any atom is 0.153 e. The zero-order valence-electron chi connectivity index (χ0n) is 14.2. The van der Waals surface area contributed by atoms with Crippen LogP contribution in [0.1, 0.15) is 59.9 Å². The first-order valence-corrected chi connectivity index (χ1v) is 8.84. The Morgan fingerprint density at radius 1 is 1.10 bits per heavy atom. The highest BCUT2D eigenvalue weighted by Gasteiger charge is 2.16. The van der Waals surface area contributed by atoms with Crippen LogP contribution >= 0.6 is 0 Å². The second-order valence-corrected chi connectivity index (χ2v) is 5.34. The van der Waals surface area contributed by atoms with Crippen molar-refractivity contribution in [2.45, 2.75) is 66.6 Å². The second kappa shape index (κ2) is 12.7. The Kier molecular flexibility index (Phi) is 13.5. The lowest BCUT2D eigenvalue weighted by Crippen LogP contribution is -2.20. The molecule has 0 amide bonds. The molecule has 1 aromatic carbocycles. The lowest BCUT2D eigenvalue weighted by atomic mass is 10.2. The van der Waals surface area contributed by atoms with E-state index in [1.807, 2.05) is 41.5 Å². The molecule has 1 atom stereocenters. The number of nitrogens with one attached hydrogen (secondary N) is 1. The van der Waals surface area contributed by atoms with Gasteiger partial charge >= 0.3 is 0 Å². The highest BCUT2D eigenvalue weighted by molar-refractivity contribution is 7.87. The minimum atomic E-state index is -1.35. The van der Waals surface area contributed by atoms with E-state index >= 15 is 0 Å². The van der Waals surface area contributed by atoms with Gasteiger partial charge in [0.2, 0.25) is 0 Å². The van der Waals surface area contributed by atoms with Gasteiger partial charge in [0.1, 0.15) is 16.8 Å². The van der Waals surface area contributed by atoms with Crippen molar-refractivity contribution in [3.8, 4) is 0 Å².